The molecule has 3 aliphatic rings. The first-order valence-corrected chi connectivity index (χ1v) is 10.2. The number of nitrogens with one attached hydrogen (secondary N) is 3. The van der Waals surface area contributed by atoms with Crippen molar-refractivity contribution < 1.29 is 14.3 Å². The molecule has 3 N–H and O–H groups in total. The van der Waals surface area contributed by atoms with E-state index in [0.717, 1.165) is 18.4 Å². The Balaban J connectivity index is 1.27. The molecule has 1 aromatic carbocycles. The highest BCUT2D eigenvalue weighted by Crippen LogP contribution is 2.25. The van der Waals surface area contributed by atoms with Crippen LogP contribution in [0.4, 0.5) is 4.79 Å². The minimum absolute atomic E-state index is 0.0239. The van der Waals surface area contributed by atoms with E-state index in [2.05, 4.69) is 16.2 Å². The van der Waals surface area contributed by atoms with Gasteiger partial charge >= 0.3 is 6.03 Å². The molecule has 0 bridgehead atoms. The van der Waals surface area contributed by atoms with E-state index in [9.17, 15) is 9.59 Å². The van der Waals surface area contributed by atoms with Crippen LogP contribution >= 0.6 is 0 Å². The van der Waals surface area contributed by atoms with Crippen LogP contribution in [0.15, 0.2) is 30.3 Å². The van der Waals surface area contributed by atoms with Crippen LogP contribution in [-0.4, -0.2) is 73.7 Å². The number of carbonyl (C=O) groups excluding carboxylic acids is 2. The number of rotatable bonds is 3. The van der Waals surface area contributed by atoms with Gasteiger partial charge in [-0.1, -0.05) is 30.3 Å². The Morgan fingerprint density at radius 3 is 2.39 bits per heavy atom. The molecule has 2 unspecified atom stereocenters. The number of piperidine rings is 1. The Morgan fingerprint density at radius 1 is 1.00 bits per heavy atom. The number of nitrogens with zero attached hydrogens (tertiary/aromatic N) is 2. The first-order valence-electron chi connectivity index (χ1n) is 10.2. The highest BCUT2D eigenvalue weighted by Gasteiger charge is 2.35. The molecule has 2 atom stereocenters. The Hall–Kier alpha value is -2.16. The van der Waals surface area contributed by atoms with Crippen LogP contribution in [0.1, 0.15) is 24.4 Å². The van der Waals surface area contributed by atoms with E-state index < -0.39 is 0 Å². The fourth-order valence-electron chi connectivity index (χ4n) is 4.20. The minimum atomic E-state index is -0.143. The van der Waals surface area contributed by atoms with Gasteiger partial charge in [-0.3, -0.25) is 10.2 Å². The number of hydrogen-bond donors (Lipinski definition) is 3. The lowest BCUT2D eigenvalue weighted by Crippen LogP contribution is -2.53. The molecule has 3 heterocycles. The molecule has 8 nitrogen and oxygen atoms in total. The van der Waals surface area contributed by atoms with E-state index in [0.29, 0.717) is 45.9 Å². The fraction of sp³-hybridized carbons (Fsp3) is 0.600. The number of ether oxygens (including phenoxy) is 1. The zero-order valence-corrected chi connectivity index (χ0v) is 16.1. The molecule has 3 aliphatic heterocycles. The molecule has 0 spiro atoms. The summed E-state index contributed by atoms with van der Waals surface area (Å²) < 4.78 is 5.32. The summed E-state index contributed by atoms with van der Waals surface area (Å²) in [6.07, 6.45) is 1.59. The van der Waals surface area contributed by atoms with Gasteiger partial charge < -0.3 is 19.9 Å². The third-order valence-electron chi connectivity index (χ3n) is 5.87. The highest BCUT2D eigenvalue weighted by molar-refractivity contribution is 5.80. The molecule has 0 radical (unpaired) electrons. The maximum Gasteiger partial charge on any atom is 0.320 e. The van der Waals surface area contributed by atoms with E-state index in [1.54, 1.807) is 0 Å². The second-order valence-electron chi connectivity index (χ2n) is 7.67. The number of carbonyl (C=O) groups is 2. The minimum Gasteiger partial charge on any atom is -0.378 e. The van der Waals surface area contributed by atoms with Crippen LogP contribution in [0.25, 0.3) is 0 Å². The molecule has 0 aliphatic carbocycles. The van der Waals surface area contributed by atoms with E-state index in [1.807, 2.05) is 40.1 Å². The molecule has 152 valence electrons. The van der Waals surface area contributed by atoms with E-state index in [4.69, 9.17) is 4.74 Å². The van der Waals surface area contributed by atoms with Gasteiger partial charge in [0.2, 0.25) is 5.91 Å². The van der Waals surface area contributed by atoms with Crippen molar-refractivity contribution in [2.45, 2.75) is 24.9 Å². The summed E-state index contributed by atoms with van der Waals surface area (Å²) in [5.41, 5.74) is 7.45. The van der Waals surface area contributed by atoms with E-state index in [1.165, 1.54) is 0 Å². The van der Waals surface area contributed by atoms with Gasteiger partial charge in [-0.25, -0.2) is 10.2 Å². The van der Waals surface area contributed by atoms with Gasteiger partial charge in [-0.15, -0.1) is 0 Å². The third kappa shape index (κ3) is 4.29. The number of hydrogen-bond acceptors (Lipinski definition) is 5. The maximum atomic E-state index is 12.9. The summed E-state index contributed by atoms with van der Waals surface area (Å²) in [4.78, 5) is 29.2. The van der Waals surface area contributed by atoms with Gasteiger partial charge in [-0.2, -0.15) is 0 Å². The second kappa shape index (κ2) is 8.89. The van der Waals surface area contributed by atoms with Gasteiger partial charge in [0.05, 0.1) is 25.2 Å². The normalized spacial score (nSPS) is 26.3. The second-order valence-corrected chi connectivity index (χ2v) is 7.67. The summed E-state index contributed by atoms with van der Waals surface area (Å²) >= 11 is 0. The van der Waals surface area contributed by atoms with Crippen molar-refractivity contribution in [2.75, 3.05) is 45.9 Å². The van der Waals surface area contributed by atoms with Crippen LogP contribution in [0.2, 0.25) is 0 Å². The van der Waals surface area contributed by atoms with E-state index >= 15 is 0 Å². The number of hydrazine groups is 1. The lowest BCUT2D eigenvalue weighted by atomic mass is 9.93. The summed E-state index contributed by atoms with van der Waals surface area (Å²) in [5, 5.41) is 3.21. The summed E-state index contributed by atoms with van der Waals surface area (Å²) in [7, 11) is 0. The predicted molar refractivity (Wildman–Crippen MR) is 104 cm³/mol. The molecule has 8 heteroatoms. The van der Waals surface area contributed by atoms with Crippen molar-refractivity contribution in [1.29, 1.82) is 0 Å². The number of benzene rings is 1. The zero-order chi connectivity index (χ0) is 19.3. The topological polar surface area (TPSA) is 85.9 Å². The molecule has 1 aromatic rings. The molecule has 0 saturated carbocycles. The molecule has 3 fully saturated rings. The number of likely N-dealkylation sites (tertiary alicyclic amines) is 1. The van der Waals surface area contributed by atoms with Crippen LogP contribution in [0.5, 0.6) is 0 Å². The molecule has 3 saturated heterocycles. The molecule has 0 aromatic heterocycles. The summed E-state index contributed by atoms with van der Waals surface area (Å²) in [6.45, 7) is 4.54. The summed E-state index contributed by atoms with van der Waals surface area (Å²) in [6, 6.07) is 10.2. The first-order chi connectivity index (χ1) is 13.7. The SMILES string of the molecule is O=C(NC1CCN(C(=O)N2CCOCC2)CC1)C1CNNC1c1ccccc1. The van der Waals surface area contributed by atoms with E-state index in [-0.39, 0.29) is 29.9 Å². The third-order valence-corrected chi connectivity index (χ3v) is 5.87. The number of morpholine rings is 1. The molecular formula is C20H29N5O3. The van der Waals surface area contributed by atoms with Gasteiger partial charge in [0.25, 0.3) is 0 Å². The molecular weight excluding hydrogens is 358 g/mol. The van der Waals surface area contributed by atoms with Crippen LogP contribution in [-0.2, 0) is 9.53 Å². The molecule has 4 rings (SSSR count). The van der Waals surface area contributed by atoms with Gasteiger partial charge in [0.1, 0.15) is 0 Å². The van der Waals surface area contributed by atoms with Gasteiger partial charge in [0.15, 0.2) is 0 Å². The number of urea groups is 1. The Kier molecular flexibility index (Phi) is 6.09. The standard InChI is InChI=1S/C20H29N5O3/c26-19(17-14-21-23-18(17)15-4-2-1-3-5-15)22-16-6-8-24(9-7-16)20(27)25-10-12-28-13-11-25/h1-5,16-18,21,23H,6-14H2,(H,22,26). The van der Waals surface area contributed by atoms with Crippen molar-refractivity contribution in [1.82, 2.24) is 26.0 Å². The van der Waals surface area contributed by atoms with Crippen molar-refractivity contribution >= 4 is 11.9 Å². The summed E-state index contributed by atoms with van der Waals surface area (Å²) in [5.74, 6) is -0.0697. The quantitative estimate of drug-likeness (QED) is 0.703. The van der Waals surface area contributed by atoms with Crippen molar-refractivity contribution in [3.8, 4) is 0 Å². The fourth-order valence-corrected chi connectivity index (χ4v) is 4.20. The average Bonchev–Trinajstić information content (AvgIpc) is 3.25. The predicted octanol–water partition coefficient (Wildman–Crippen LogP) is 0.485. The average molecular weight is 387 g/mol. The maximum absolute atomic E-state index is 12.9. The number of amides is 3. The first kappa shape index (κ1) is 19.2. The monoisotopic (exact) mass is 387 g/mol. The lowest BCUT2D eigenvalue weighted by Gasteiger charge is -2.37. The largest absolute Gasteiger partial charge is 0.378 e. The Bertz CT molecular complexity index is 672. The lowest BCUT2D eigenvalue weighted by molar-refractivity contribution is -0.125. The molecule has 28 heavy (non-hydrogen) atoms. The van der Waals surface area contributed by atoms with Crippen molar-refractivity contribution in [2.24, 2.45) is 5.92 Å². The smallest absolute Gasteiger partial charge is 0.320 e. The highest BCUT2D eigenvalue weighted by atomic mass is 16.5. The van der Waals surface area contributed by atoms with Gasteiger partial charge in [-0.05, 0) is 18.4 Å². The Labute approximate surface area is 165 Å². The Morgan fingerprint density at radius 2 is 1.68 bits per heavy atom. The van der Waals surface area contributed by atoms with Crippen molar-refractivity contribution in [3.05, 3.63) is 35.9 Å². The van der Waals surface area contributed by atoms with Crippen LogP contribution in [0.3, 0.4) is 0 Å². The van der Waals surface area contributed by atoms with Gasteiger partial charge in [0, 0.05) is 38.8 Å². The zero-order valence-electron chi connectivity index (χ0n) is 16.1. The van der Waals surface area contributed by atoms with Crippen LogP contribution in [0, 0.1) is 5.92 Å². The molecule has 3 amide bonds. The van der Waals surface area contributed by atoms with Crippen molar-refractivity contribution in [3.63, 3.8) is 0 Å². The van der Waals surface area contributed by atoms with Crippen LogP contribution < -0.4 is 16.2 Å².